The molecule has 2 aliphatic rings. The summed E-state index contributed by atoms with van der Waals surface area (Å²) in [5.74, 6) is 0.0241. The molecule has 1 aromatic carbocycles. The molecule has 0 spiro atoms. The summed E-state index contributed by atoms with van der Waals surface area (Å²) in [7, 11) is 0. The molecule has 3 rings (SSSR count). The van der Waals surface area contributed by atoms with Crippen molar-refractivity contribution in [1.29, 1.82) is 0 Å². The first-order valence-electron chi connectivity index (χ1n) is 9.25. The summed E-state index contributed by atoms with van der Waals surface area (Å²) >= 11 is 0. The minimum absolute atomic E-state index is 0.0144. The number of hydrogen-bond donors (Lipinski definition) is 1. The van der Waals surface area contributed by atoms with Crippen molar-refractivity contribution in [2.45, 2.75) is 70.9 Å². The molecule has 1 heterocycles. The van der Waals surface area contributed by atoms with Crippen molar-refractivity contribution < 1.29 is 9.59 Å². The lowest BCUT2D eigenvalue weighted by Gasteiger charge is -2.28. The molecule has 1 N–H and O–H groups in total. The van der Waals surface area contributed by atoms with Crippen molar-refractivity contribution in [3.8, 4) is 0 Å². The highest BCUT2D eigenvalue weighted by Gasteiger charge is 2.35. The lowest BCUT2D eigenvalue weighted by atomic mass is 9.95. The van der Waals surface area contributed by atoms with Crippen molar-refractivity contribution in [2.75, 3.05) is 6.54 Å². The number of benzene rings is 1. The number of nitrogens with zero attached hydrogens (tertiary/aromatic N) is 1. The molecule has 0 radical (unpaired) electrons. The van der Waals surface area contributed by atoms with E-state index >= 15 is 0 Å². The Morgan fingerprint density at radius 2 is 1.75 bits per heavy atom. The molecule has 0 bridgehead atoms. The number of rotatable bonds is 3. The average Bonchev–Trinajstić information content (AvgIpc) is 3.07. The van der Waals surface area contributed by atoms with Gasteiger partial charge in [0.15, 0.2) is 0 Å². The van der Waals surface area contributed by atoms with Gasteiger partial charge in [-0.1, -0.05) is 25.3 Å². The monoisotopic (exact) mass is 328 g/mol. The number of hydrogen-bond acceptors (Lipinski definition) is 2. The Hall–Kier alpha value is -1.84. The maximum absolute atomic E-state index is 12.9. The Kier molecular flexibility index (Phi) is 5.22. The fraction of sp³-hybridized carbons (Fsp3) is 0.600. The normalized spacial score (nSPS) is 21.8. The lowest BCUT2D eigenvalue weighted by molar-refractivity contribution is -0.125. The Morgan fingerprint density at radius 1 is 1.00 bits per heavy atom. The molecular weight excluding hydrogens is 300 g/mol. The van der Waals surface area contributed by atoms with E-state index in [1.54, 1.807) is 4.90 Å². The van der Waals surface area contributed by atoms with Crippen molar-refractivity contribution in [3.63, 3.8) is 0 Å². The highest BCUT2D eigenvalue weighted by Crippen LogP contribution is 2.23. The van der Waals surface area contributed by atoms with Crippen LogP contribution in [0.25, 0.3) is 0 Å². The van der Waals surface area contributed by atoms with Crippen LogP contribution in [0.15, 0.2) is 18.2 Å². The largest absolute Gasteiger partial charge is 0.352 e. The first-order valence-corrected chi connectivity index (χ1v) is 9.25. The van der Waals surface area contributed by atoms with Gasteiger partial charge in [0.2, 0.25) is 5.91 Å². The molecule has 1 aliphatic heterocycles. The van der Waals surface area contributed by atoms with E-state index in [-0.39, 0.29) is 17.9 Å². The predicted octanol–water partition coefficient (Wildman–Crippen LogP) is 3.36. The third kappa shape index (κ3) is 3.63. The molecule has 1 aliphatic carbocycles. The molecule has 0 unspecified atom stereocenters. The summed E-state index contributed by atoms with van der Waals surface area (Å²) in [6.45, 7) is 4.73. The quantitative estimate of drug-likeness (QED) is 0.925. The molecule has 2 fully saturated rings. The van der Waals surface area contributed by atoms with Gasteiger partial charge in [0.25, 0.3) is 5.91 Å². The van der Waals surface area contributed by atoms with Crippen molar-refractivity contribution in [1.82, 2.24) is 10.2 Å². The molecular formula is C20H28N2O2. The zero-order valence-electron chi connectivity index (χ0n) is 14.8. The number of likely N-dealkylation sites (tertiary alicyclic amines) is 1. The molecule has 1 saturated heterocycles. The van der Waals surface area contributed by atoms with Crippen LogP contribution in [0.3, 0.4) is 0 Å². The first-order chi connectivity index (χ1) is 11.6. The molecule has 0 aromatic heterocycles. The van der Waals surface area contributed by atoms with Gasteiger partial charge in [-0.05, 0) is 62.8 Å². The minimum atomic E-state index is -0.305. The standard InChI is InChI=1S/C20H28N2O2/c1-14-10-11-16(13-15(14)2)20(24)22-12-6-9-18(22)19(23)21-17-7-4-3-5-8-17/h10-11,13,17-18H,3-9,12H2,1-2H3,(H,21,23)/t18-/m1/s1. The summed E-state index contributed by atoms with van der Waals surface area (Å²) in [6.07, 6.45) is 7.48. The Labute approximate surface area is 144 Å². The third-order valence-electron chi connectivity index (χ3n) is 5.52. The van der Waals surface area contributed by atoms with Crippen molar-refractivity contribution >= 4 is 11.8 Å². The maximum Gasteiger partial charge on any atom is 0.254 e. The molecule has 130 valence electrons. The van der Waals surface area contributed by atoms with E-state index in [0.717, 1.165) is 31.2 Å². The zero-order valence-corrected chi connectivity index (χ0v) is 14.8. The van der Waals surface area contributed by atoms with Gasteiger partial charge in [-0.2, -0.15) is 0 Å². The Morgan fingerprint density at radius 3 is 2.46 bits per heavy atom. The van der Waals surface area contributed by atoms with Crippen molar-refractivity contribution in [2.24, 2.45) is 0 Å². The topological polar surface area (TPSA) is 49.4 Å². The number of carbonyl (C=O) groups excluding carboxylic acids is 2. The van der Waals surface area contributed by atoms with Gasteiger partial charge in [0, 0.05) is 18.2 Å². The van der Waals surface area contributed by atoms with Gasteiger partial charge in [0.05, 0.1) is 0 Å². The molecule has 1 atom stereocenters. The van der Waals surface area contributed by atoms with E-state index in [2.05, 4.69) is 5.32 Å². The van der Waals surface area contributed by atoms with E-state index in [4.69, 9.17) is 0 Å². The second kappa shape index (κ2) is 7.37. The molecule has 1 saturated carbocycles. The van der Waals surface area contributed by atoms with Crippen molar-refractivity contribution in [3.05, 3.63) is 34.9 Å². The number of carbonyl (C=O) groups is 2. The number of amides is 2. The summed E-state index contributed by atoms with van der Waals surface area (Å²) in [5, 5.41) is 3.18. The van der Waals surface area contributed by atoms with Gasteiger partial charge in [-0.25, -0.2) is 0 Å². The molecule has 4 heteroatoms. The summed E-state index contributed by atoms with van der Waals surface area (Å²) in [6, 6.07) is 5.78. The second-order valence-corrected chi connectivity index (χ2v) is 7.30. The van der Waals surface area contributed by atoms with E-state index in [1.165, 1.54) is 24.8 Å². The minimum Gasteiger partial charge on any atom is -0.352 e. The Balaban J connectivity index is 1.68. The molecule has 1 aromatic rings. The van der Waals surface area contributed by atoms with E-state index < -0.39 is 0 Å². The van der Waals surface area contributed by atoms with Crippen LogP contribution < -0.4 is 5.32 Å². The third-order valence-corrected chi connectivity index (χ3v) is 5.52. The number of aryl methyl sites for hydroxylation is 2. The van der Waals surface area contributed by atoms with Gasteiger partial charge < -0.3 is 10.2 Å². The summed E-state index contributed by atoms with van der Waals surface area (Å²) in [4.78, 5) is 27.3. The SMILES string of the molecule is Cc1ccc(C(=O)N2CCC[C@@H]2C(=O)NC2CCCCC2)cc1C. The summed E-state index contributed by atoms with van der Waals surface area (Å²) < 4.78 is 0. The van der Waals surface area contributed by atoms with E-state index in [0.29, 0.717) is 18.2 Å². The van der Waals surface area contributed by atoms with Gasteiger partial charge >= 0.3 is 0 Å². The van der Waals surface area contributed by atoms with Gasteiger partial charge in [0.1, 0.15) is 6.04 Å². The molecule has 24 heavy (non-hydrogen) atoms. The molecule has 4 nitrogen and oxygen atoms in total. The van der Waals surface area contributed by atoms with Crippen LogP contribution in [0.1, 0.15) is 66.4 Å². The fourth-order valence-electron chi connectivity index (χ4n) is 3.87. The maximum atomic E-state index is 12.9. The van der Waals surface area contributed by atoms with Crippen LogP contribution in [-0.2, 0) is 4.79 Å². The van der Waals surface area contributed by atoms with Crippen LogP contribution in [0.2, 0.25) is 0 Å². The lowest BCUT2D eigenvalue weighted by Crippen LogP contribution is -2.49. The Bertz CT molecular complexity index is 620. The average molecular weight is 328 g/mol. The predicted molar refractivity (Wildman–Crippen MR) is 95.0 cm³/mol. The van der Waals surface area contributed by atoms with Crippen LogP contribution in [0, 0.1) is 13.8 Å². The molecule has 2 amide bonds. The van der Waals surface area contributed by atoms with Crippen LogP contribution in [-0.4, -0.2) is 35.3 Å². The van der Waals surface area contributed by atoms with E-state index in [9.17, 15) is 9.59 Å². The fourth-order valence-corrected chi connectivity index (χ4v) is 3.87. The number of nitrogens with one attached hydrogen (secondary N) is 1. The van der Waals surface area contributed by atoms with Crippen LogP contribution >= 0.6 is 0 Å². The summed E-state index contributed by atoms with van der Waals surface area (Å²) in [5.41, 5.74) is 2.98. The highest BCUT2D eigenvalue weighted by molar-refractivity contribution is 5.98. The highest BCUT2D eigenvalue weighted by atomic mass is 16.2. The smallest absolute Gasteiger partial charge is 0.254 e. The van der Waals surface area contributed by atoms with Crippen LogP contribution in [0.4, 0.5) is 0 Å². The zero-order chi connectivity index (χ0) is 17.1. The van der Waals surface area contributed by atoms with E-state index in [1.807, 2.05) is 32.0 Å². The second-order valence-electron chi connectivity index (χ2n) is 7.30. The first kappa shape index (κ1) is 17.0. The van der Waals surface area contributed by atoms with Crippen LogP contribution in [0.5, 0.6) is 0 Å². The van der Waals surface area contributed by atoms with Gasteiger partial charge in [-0.3, -0.25) is 9.59 Å². The van der Waals surface area contributed by atoms with Gasteiger partial charge in [-0.15, -0.1) is 0 Å².